The van der Waals surface area contributed by atoms with Crippen LogP contribution in [-0.4, -0.2) is 40.8 Å². The van der Waals surface area contributed by atoms with Crippen molar-refractivity contribution < 1.29 is 28.9 Å². The van der Waals surface area contributed by atoms with Gasteiger partial charge in [-0.1, -0.05) is 53.6 Å². The molecular weight excluding hydrogens is 612 g/mol. The third-order valence-corrected chi connectivity index (χ3v) is 8.11. The number of nitrogens with zero attached hydrogens (tertiary/aromatic N) is 2. The minimum atomic E-state index is -1.02. The highest BCUT2D eigenvalue weighted by atomic mass is 35.5. The molecular formula is C35H31ClN2O6S. The molecule has 4 aromatic carbocycles. The fraction of sp³-hybridized carbons (Fsp3) is 0.171. The first-order valence-corrected chi connectivity index (χ1v) is 15.3. The molecule has 0 spiro atoms. The number of thioether (sulfide) groups is 1. The molecule has 0 atom stereocenters. The fourth-order valence-electron chi connectivity index (χ4n) is 4.62. The lowest BCUT2D eigenvalue weighted by Gasteiger charge is -2.16. The number of carbonyl (C=O) groups excluding carboxylic acids is 1. The molecule has 45 heavy (non-hydrogen) atoms. The molecule has 1 saturated heterocycles. The summed E-state index contributed by atoms with van der Waals surface area (Å²) in [6, 6.07) is 25.2. The van der Waals surface area contributed by atoms with Crippen LogP contribution in [0.3, 0.4) is 0 Å². The summed E-state index contributed by atoms with van der Waals surface area (Å²) in [5.74, 6) is 0.336. The van der Waals surface area contributed by atoms with Crippen LogP contribution in [0.1, 0.15) is 39.5 Å². The first-order chi connectivity index (χ1) is 21.7. The number of benzene rings is 4. The van der Waals surface area contributed by atoms with Gasteiger partial charge in [-0.25, -0.2) is 9.79 Å². The van der Waals surface area contributed by atoms with Crippen LogP contribution in [0.5, 0.6) is 17.2 Å². The Balaban J connectivity index is 1.46. The molecule has 1 N–H and O–H groups in total. The number of rotatable bonds is 11. The largest absolute Gasteiger partial charge is 0.497 e. The van der Waals surface area contributed by atoms with Crippen LogP contribution in [-0.2, 0) is 17.9 Å². The molecule has 0 aliphatic carbocycles. The van der Waals surface area contributed by atoms with Gasteiger partial charge in [-0.3, -0.25) is 9.69 Å². The van der Waals surface area contributed by atoms with Crippen molar-refractivity contribution in [2.24, 2.45) is 4.99 Å². The molecule has 1 amide bonds. The molecule has 0 radical (unpaired) electrons. The second kappa shape index (κ2) is 14.4. The lowest BCUT2D eigenvalue weighted by molar-refractivity contribution is -0.122. The van der Waals surface area contributed by atoms with Crippen LogP contribution in [0.15, 0.2) is 94.8 Å². The van der Waals surface area contributed by atoms with Gasteiger partial charge in [0.15, 0.2) is 16.7 Å². The van der Waals surface area contributed by atoms with Crippen molar-refractivity contribution in [3.63, 3.8) is 0 Å². The van der Waals surface area contributed by atoms with Gasteiger partial charge in [-0.2, -0.15) is 0 Å². The Hall–Kier alpha value is -4.73. The Morgan fingerprint density at radius 1 is 1.00 bits per heavy atom. The normalized spacial score (nSPS) is 14.7. The van der Waals surface area contributed by atoms with Crippen molar-refractivity contribution in [3.05, 3.63) is 123 Å². The van der Waals surface area contributed by atoms with Crippen molar-refractivity contribution in [2.75, 3.05) is 13.7 Å². The molecule has 10 heteroatoms. The van der Waals surface area contributed by atoms with Crippen molar-refractivity contribution in [1.29, 1.82) is 0 Å². The highest BCUT2D eigenvalue weighted by Crippen LogP contribution is 2.40. The Labute approximate surface area is 270 Å². The van der Waals surface area contributed by atoms with Crippen LogP contribution in [0.4, 0.5) is 5.69 Å². The molecule has 8 nitrogen and oxygen atoms in total. The van der Waals surface area contributed by atoms with Gasteiger partial charge < -0.3 is 19.3 Å². The summed E-state index contributed by atoms with van der Waals surface area (Å²) >= 11 is 7.95. The third kappa shape index (κ3) is 7.87. The average Bonchev–Trinajstić information content (AvgIpc) is 3.30. The number of methoxy groups -OCH3 is 1. The number of halogens is 1. The first-order valence-electron chi connectivity index (χ1n) is 14.1. The number of hydrogen-bond acceptors (Lipinski definition) is 7. The molecule has 1 aliphatic heterocycles. The number of carboxylic acid groups (broad SMARTS) is 1. The molecule has 1 fully saturated rings. The van der Waals surface area contributed by atoms with Gasteiger partial charge in [0, 0.05) is 0 Å². The van der Waals surface area contributed by atoms with Gasteiger partial charge in [-0.15, -0.1) is 0 Å². The Morgan fingerprint density at radius 2 is 1.76 bits per heavy atom. The summed E-state index contributed by atoms with van der Waals surface area (Å²) in [6.45, 7) is 4.83. The van der Waals surface area contributed by atoms with Crippen LogP contribution in [0.2, 0.25) is 5.02 Å². The number of ether oxygens (including phenoxy) is 3. The monoisotopic (exact) mass is 642 g/mol. The van der Waals surface area contributed by atoms with Gasteiger partial charge in [0.05, 0.1) is 41.4 Å². The summed E-state index contributed by atoms with van der Waals surface area (Å²) in [5, 5.41) is 10.1. The van der Waals surface area contributed by atoms with E-state index in [9.17, 15) is 14.7 Å². The molecule has 0 saturated carbocycles. The van der Waals surface area contributed by atoms with E-state index in [0.29, 0.717) is 56.8 Å². The topological polar surface area (TPSA) is 97.7 Å². The van der Waals surface area contributed by atoms with E-state index in [1.54, 1.807) is 54.5 Å². The average molecular weight is 643 g/mol. The molecule has 230 valence electrons. The maximum atomic E-state index is 13.8. The smallest absolute Gasteiger partial charge is 0.335 e. The standard InChI is InChI=1S/C35H31ClN2O6S/c1-4-43-30-18-25(17-29(36)32(30)44-21-24-7-5-6-22(2)16-24)19-31-33(39)38(20-23-8-10-26(11-9-23)34(40)41)35(45-31)37-27-12-14-28(42-3)15-13-27/h5-19H,4,20-21H2,1-3H3,(H,40,41)/b31-19-,37-35?. The summed E-state index contributed by atoms with van der Waals surface area (Å²) in [6.07, 6.45) is 1.75. The van der Waals surface area contributed by atoms with E-state index in [1.165, 1.54) is 23.9 Å². The minimum Gasteiger partial charge on any atom is -0.497 e. The maximum absolute atomic E-state index is 13.8. The van der Waals surface area contributed by atoms with Crippen LogP contribution < -0.4 is 14.2 Å². The highest BCUT2D eigenvalue weighted by molar-refractivity contribution is 8.18. The van der Waals surface area contributed by atoms with E-state index in [-0.39, 0.29) is 18.0 Å². The van der Waals surface area contributed by atoms with Gasteiger partial charge in [0.25, 0.3) is 5.91 Å². The second-order valence-electron chi connectivity index (χ2n) is 10.1. The predicted molar refractivity (Wildman–Crippen MR) is 178 cm³/mol. The zero-order valence-corrected chi connectivity index (χ0v) is 26.5. The number of amides is 1. The van der Waals surface area contributed by atoms with Crippen molar-refractivity contribution in [3.8, 4) is 17.2 Å². The molecule has 5 rings (SSSR count). The number of carboxylic acids is 1. The lowest BCUT2D eigenvalue weighted by Crippen LogP contribution is -2.28. The first kappa shape index (κ1) is 31.7. The maximum Gasteiger partial charge on any atom is 0.335 e. The fourth-order valence-corrected chi connectivity index (χ4v) is 5.89. The van der Waals surface area contributed by atoms with Gasteiger partial charge in [0.2, 0.25) is 0 Å². The summed E-state index contributed by atoms with van der Waals surface area (Å²) < 4.78 is 17.2. The number of hydrogen-bond donors (Lipinski definition) is 1. The molecule has 1 heterocycles. The lowest BCUT2D eigenvalue weighted by atomic mass is 10.1. The number of aliphatic imine (C=N–C) groups is 1. The molecule has 0 unspecified atom stereocenters. The second-order valence-corrected chi connectivity index (χ2v) is 11.6. The van der Waals surface area contributed by atoms with E-state index in [1.807, 2.05) is 50.2 Å². The van der Waals surface area contributed by atoms with E-state index in [4.69, 9.17) is 30.8 Å². The van der Waals surface area contributed by atoms with Crippen LogP contribution >= 0.6 is 23.4 Å². The molecule has 1 aliphatic rings. The summed E-state index contributed by atoms with van der Waals surface area (Å²) in [7, 11) is 1.59. The number of carbonyl (C=O) groups is 2. The summed E-state index contributed by atoms with van der Waals surface area (Å²) in [4.78, 5) is 31.9. The quantitative estimate of drug-likeness (QED) is 0.165. The molecule has 0 bridgehead atoms. The summed E-state index contributed by atoms with van der Waals surface area (Å²) in [5.41, 5.74) is 4.38. The Kier molecular flexibility index (Phi) is 10.1. The van der Waals surface area contributed by atoms with Gasteiger partial charge >= 0.3 is 5.97 Å². The highest BCUT2D eigenvalue weighted by Gasteiger charge is 2.34. The molecule has 0 aromatic heterocycles. The van der Waals surface area contributed by atoms with Crippen LogP contribution in [0, 0.1) is 6.92 Å². The van der Waals surface area contributed by atoms with E-state index in [0.717, 1.165) is 16.7 Å². The Morgan fingerprint density at radius 3 is 2.42 bits per heavy atom. The predicted octanol–water partition coefficient (Wildman–Crippen LogP) is 8.14. The van der Waals surface area contributed by atoms with Gasteiger partial charge in [0.1, 0.15) is 12.4 Å². The molecule has 4 aromatic rings. The van der Waals surface area contributed by atoms with Crippen molar-refractivity contribution in [1.82, 2.24) is 4.90 Å². The van der Waals surface area contributed by atoms with Crippen molar-refractivity contribution >= 4 is 52.2 Å². The number of amidine groups is 1. The Bertz CT molecular complexity index is 1770. The number of aromatic carboxylic acids is 1. The van der Waals surface area contributed by atoms with Crippen LogP contribution in [0.25, 0.3) is 6.08 Å². The zero-order valence-electron chi connectivity index (χ0n) is 25.0. The third-order valence-electron chi connectivity index (χ3n) is 6.82. The van der Waals surface area contributed by atoms with E-state index >= 15 is 0 Å². The minimum absolute atomic E-state index is 0.168. The van der Waals surface area contributed by atoms with E-state index < -0.39 is 5.97 Å². The van der Waals surface area contributed by atoms with Crippen molar-refractivity contribution in [2.45, 2.75) is 27.0 Å². The SMILES string of the molecule is CCOc1cc(/C=C2\SC(=Nc3ccc(OC)cc3)N(Cc3ccc(C(=O)O)cc3)C2=O)cc(Cl)c1OCc1cccc(C)c1. The zero-order chi connectivity index (χ0) is 31.9. The van der Waals surface area contributed by atoms with E-state index in [2.05, 4.69) is 0 Å². The van der Waals surface area contributed by atoms with Gasteiger partial charge in [-0.05, 0) is 96.9 Å². The number of aryl methyl sites for hydroxylation is 1.